The zero-order valence-electron chi connectivity index (χ0n) is 10.4. The Hall–Kier alpha value is -1.67. The summed E-state index contributed by atoms with van der Waals surface area (Å²) in [5.41, 5.74) is 0.508. The molecule has 0 amide bonds. The number of carbonyl (C=O) groups is 1. The molecular weight excluding hydrogens is 300 g/mol. The maximum Gasteiger partial charge on any atom is 0.339 e. The van der Waals surface area contributed by atoms with Gasteiger partial charge < -0.3 is 5.11 Å². The van der Waals surface area contributed by atoms with E-state index < -0.39 is 15.8 Å². The van der Waals surface area contributed by atoms with E-state index in [2.05, 4.69) is 5.10 Å². The van der Waals surface area contributed by atoms with Crippen LogP contribution in [0.15, 0.2) is 23.7 Å². The van der Waals surface area contributed by atoms with Gasteiger partial charge in [-0.25, -0.2) is 13.2 Å². The van der Waals surface area contributed by atoms with Crippen molar-refractivity contribution >= 4 is 27.1 Å². The molecule has 1 atom stereocenters. The predicted octanol–water partition coefficient (Wildman–Crippen LogP) is 1.67. The van der Waals surface area contributed by atoms with Crippen molar-refractivity contribution in [3.63, 3.8) is 0 Å². The summed E-state index contributed by atoms with van der Waals surface area (Å²) in [7, 11) is -3.03. The number of rotatable bonds is 3. The summed E-state index contributed by atoms with van der Waals surface area (Å²) in [6.45, 7) is 0. The molecule has 0 aliphatic carbocycles. The van der Waals surface area contributed by atoms with Gasteiger partial charge in [0.05, 0.1) is 22.4 Å². The third kappa shape index (κ3) is 2.36. The molecule has 6 nitrogen and oxygen atoms in total. The monoisotopic (exact) mass is 312 g/mol. The number of thiophene rings is 1. The van der Waals surface area contributed by atoms with Crippen LogP contribution in [0.2, 0.25) is 0 Å². The van der Waals surface area contributed by atoms with Crippen LogP contribution >= 0.6 is 11.3 Å². The minimum absolute atomic E-state index is 0.0254. The molecule has 106 valence electrons. The number of hydrogen-bond acceptors (Lipinski definition) is 5. The van der Waals surface area contributed by atoms with Crippen LogP contribution in [0.25, 0.3) is 10.6 Å². The van der Waals surface area contributed by atoms with Crippen molar-refractivity contribution in [1.82, 2.24) is 9.78 Å². The van der Waals surface area contributed by atoms with Gasteiger partial charge in [0.15, 0.2) is 9.84 Å². The van der Waals surface area contributed by atoms with Crippen molar-refractivity contribution in [1.29, 1.82) is 0 Å². The van der Waals surface area contributed by atoms with E-state index in [0.717, 1.165) is 4.88 Å². The molecule has 0 spiro atoms. The average Bonchev–Trinajstić information content (AvgIpc) is 3.04. The molecule has 0 radical (unpaired) electrons. The Balaban J connectivity index is 2.02. The summed E-state index contributed by atoms with van der Waals surface area (Å²) >= 11 is 1.41. The standard InChI is InChI=1S/C12H12N2O4S2/c15-12(16)9-6-14(8-3-5-20(17,18)7-8)13-11(9)10-2-1-4-19-10/h1-2,4,6,8H,3,5,7H2,(H,15,16). The first-order valence-corrected chi connectivity index (χ1v) is 8.73. The molecule has 0 saturated carbocycles. The molecule has 1 fully saturated rings. The summed E-state index contributed by atoms with van der Waals surface area (Å²) in [4.78, 5) is 12.1. The fourth-order valence-electron chi connectivity index (χ4n) is 2.31. The second kappa shape index (κ2) is 4.71. The lowest BCUT2D eigenvalue weighted by atomic mass is 10.2. The number of carboxylic acid groups (broad SMARTS) is 1. The normalized spacial score (nSPS) is 21.1. The zero-order valence-corrected chi connectivity index (χ0v) is 12.0. The maximum absolute atomic E-state index is 11.5. The van der Waals surface area contributed by atoms with Gasteiger partial charge in [-0.15, -0.1) is 11.3 Å². The highest BCUT2D eigenvalue weighted by Crippen LogP contribution is 2.30. The lowest BCUT2D eigenvalue weighted by Crippen LogP contribution is -2.11. The number of sulfone groups is 1. The Kier molecular flexibility index (Phi) is 3.14. The van der Waals surface area contributed by atoms with E-state index in [1.165, 1.54) is 22.2 Å². The van der Waals surface area contributed by atoms with Crippen molar-refractivity contribution < 1.29 is 18.3 Å². The van der Waals surface area contributed by atoms with Gasteiger partial charge in [0.25, 0.3) is 0 Å². The van der Waals surface area contributed by atoms with Crippen molar-refractivity contribution in [3.8, 4) is 10.6 Å². The van der Waals surface area contributed by atoms with E-state index in [1.807, 2.05) is 11.4 Å². The quantitative estimate of drug-likeness (QED) is 0.931. The second-order valence-corrected chi connectivity index (χ2v) is 7.89. The molecule has 1 unspecified atom stereocenters. The van der Waals surface area contributed by atoms with E-state index in [-0.39, 0.29) is 23.1 Å². The van der Waals surface area contributed by atoms with E-state index in [4.69, 9.17) is 0 Å². The van der Waals surface area contributed by atoms with Gasteiger partial charge in [-0.2, -0.15) is 5.10 Å². The molecule has 0 aromatic carbocycles. The van der Waals surface area contributed by atoms with Crippen LogP contribution in [-0.4, -0.2) is 40.8 Å². The smallest absolute Gasteiger partial charge is 0.339 e. The summed E-state index contributed by atoms with van der Waals surface area (Å²) in [6.07, 6.45) is 1.91. The van der Waals surface area contributed by atoms with Crippen molar-refractivity contribution in [2.24, 2.45) is 0 Å². The van der Waals surface area contributed by atoms with E-state index in [1.54, 1.807) is 6.07 Å². The Labute approximate surface area is 119 Å². The molecular formula is C12H12N2O4S2. The van der Waals surface area contributed by atoms with Crippen LogP contribution in [-0.2, 0) is 9.84 Å². The van der Waals surface area contributed by atoms with Crippen molar-refractivity contribution in [2.45, 2.75) is 12.5 Å². The molecule has 1 saturated heterocycles. The van der Waals surface area contributed by atoms with Gasteiger partial charge >= 0.3 is 5.97 Å². The maximum atomic E-state index is 11.5. The molecule has 8 heteroatoms. The number of nitrogens with zero attached hydrogens (tertiary/aromatic N) is 2. The van der Waals surface area contributed by atoms with E-state index in [9.17, 15) is 18.3 Å². The minimum Gasteiger partial charge on any atom is -0.478 e. The largest absolute Gasteiger partial charge is 0.478 e. The third-order valence-electron chi connectivity index (χ3n) is 3.30. The number of carboxylic acids is 1. The third-order valence-corrected chi connectivity index (χ3v) is 5.93. The predicted molar refractivity (Wildman–Crippen MR) is 74.8 cm³/mol. The highest BCUT2D eigenvalue weighted by Gasteiger charge is 2.31. The first kappa shape index (κ1) is 13.3. The minimum atomic E-state index is -3.03. The van der Waals surface area contributed by atoms with Gasteiger partial charge in [0.1, 0.15) is 11.3 Å². The van der Waals surface area contributed by atoms with Crippen molar-refractivity contribution in [2.75, 3.05) is 11.5 Å². The Morgan fingerprint density at radius 2 is 2.30 bits per heavy atom. The SMILES string of the molecule is O=C(O)c1cn(C2CCS(=O)(=O)C2)nc1-c1cccs1. The summed E-state index contributed by atoms with van der Waals surface area (Å²) < 4.78 is 24.5. The van der Waals surface area contributed by atoms with Gasteiger partial charge in [0, 0.05) is 6.20 Å². The van der Waals surface area contributed by atoms with Crippen LogP contribution in [0, 0.1) is 0 Å². The number of aromatic nitrogens is 2. The molecule has 1 aliphatic heterocycles. The Morgan fingerprint density at radius 1 is 1.50 bits per heavy atom. The van der Waals surface area contributed by atoms with Crippen LogP contribution in [0.1, 0.15) is 22.8 Å². The van der Waals surface area contributed by atoms with Crippen molar-refractivity contribution in [3.05, 3.63) is 29.3 Å². The lowest BCUT2D eigenvalue weighted by molar-refractivity contribution is 0.0697. The molecule has 3 heterocycles. The summed E-state index contributed by atoms with van der Waals surface area (Å²) in [6, 6.07) is 3.35. The molecule has 1 aliphatic rings. The topological polar surface area (TPSA) is 89.3 Å². The molecule has 2 aromatic rings. The van der Waals surface area contributed by atoms with E-state index >= 15 is 0 Å². The van der Waals surface area contributed by atoms with Gasteiger partial charge in [-0.05, 0) is 17.9 Å². The van der Waals surface area contributed by atoms with Crippen LogP contribution < -0.4 is 0 Å². The van der Waals surface area contributed by atoms with Gasteiger partial charge in [0.2, 0.25) is 0 Å². The Morgan fingerprint density at radius 3 is 2.85 bits per heavy atom. The van der Waals surface area contributed by atoms with Gasteiger partial charge in [-0.1, -0.05) is 6.07 Å². The highest BCUT2D eigenvalue weighted by molar-refractivity contribution is 7.91. The fourth-order valence-corrected chi connectivity index (χ4v) is 4.74. The Bertz CT molecular complexity index is 747. The average molecular weight is 312 g/mol. The number of hydrogen-bond donors (Lipinski definition) is 1. The fraction of sp³-hybridized carbons (Fsp3) is 0.333. The summed E-state index contributed by atoms with van der Waals surface area (Å²) in [5, 5.41) is 15.4. The van der Waals surface area contributed by atoms with Crippen LogP contribution in [0.5, 0.6) is 0 Å². The lowest BCUT2D eigenvalue weighted by Gasteiger charge is -2.07. The summed E-state index contributed by atoms with van der Waals surface area (Å²) in [5.74, 6) is -0.896. The first-order chi connectivity index (χ1) is 9.46. The molecule has 3 rings (SSSR count). The zero-order chi connectivity index (χ0) is 14.3. The van der Waals surface area contributed by atoms with E-state index in [0.29, 0.717) is 12.1 Å². The number of aromatic carboxylic acids is 1. The van der Waals surface area contributed by atoms with Gasteiger partial charge in [-0.3, -0.25) is 4.68 Å². The molecule has 1 N–H and O–H groups in total. The van der Waals surface area contributed by atoms with Crippen LogP contribution in [0.3, 0.4) is 0 Å². The molecule has 2 aromatic heterocycles. The second-order valence-electron chi connectivity index (χ2n) is 4.71. The highest BCUT2D eigenvalue weighted by atomic mass is 32.2. The first-order valence-electron chi connectivity index (χ1n) is 6.03. The molecule has 0 bridgehead atoms. The molecule has 20 heavy (non-hydrogen) atoms. The van der Waals surface area contributed by atoms with Crippen LogP contribution in [0.4, 0.5) is 0 Å².